The first-order valence-electron chi connectivity index (χ1n) is 1.79. The summed E-state index contributed by atoms with van der Waals surface area (Å²) in [5, 5.41) is 11.6. The lowest BCUT2D eigenvalue weighted by atomic mass is 10.5. The first-order valence-corrected chi connectivity index (χ1v) is 1.79. The Hall–Kier alpha value is -0.930. The van der Waals surface area contributed by atoms with Crippen LogP contribution in [-0.2, 0) is 0 Å². The van der Waals surface area contributed by atoms with Crippen LogP contribution in [0.4, 0.5) is 0 Å². The van der Waals surface area contributed by atoms with Crippen molar-refractivity contribution < 1.29 is 5.03 Å². The van der Waals surface area contributed by atoms with Crippen LogP contribution in [0.2, 0.25) is 0 Å². The maximum absolute atomic E-state index is 9.43. The highest BCUT2D eigenvalue weighted by Gasteiger charge is 1.85. The van der Waals surface area contributed by atoms with E-state index in [4.69, 9.17) is 0 Å². The van der Waals surface area contributed by atoms with Crippen LogP contribution < -0.4 is 0 Å². The summed E-state index contributed by atoms with van der Waals surface area (Å²) in [7, 11) is 0. The molecule has 4 nitrogen and oxygen atoms in total. The molecule has 0 fully saturated rings. The van der Waals surface area contributed by atoms with Gasteiger partial charge in [-0.1, -0.05) is 0 Å². The van der Waals surface area contributed by atoms with E-state index in [2.05, 4.69) is 5.10 Å². The molecule has 0 radical (unpaired) electrons. The van der Waals surface area contributed by atoms with Gasteiger partial charge in [0.15, 0.2) is 5.03 Å². The fourth-order valence-corrected chi connectivity index (χ4v) is 0.163. The number of hydrogen-bond donors (Lipinski definition) is 0. The van der Waals surface area contributed by atoms with Gasteiger partial charge in [0.1, 0.15) is 0 Å². The standard InChI is InChI=1S/C3H6N2O2/c1-3(2)4-5(6)7/h1-2H3. The summed E-state index contributed by atoms with van der Waals surface area (Å²) < 4.78 is 0. The summed E-state index contributed by atoms with van der Waals surface area (Å²) in [5.74, 6) is 0. The van der Waals surface area contributed by atoms with Crippen LogP contribution in [0.1, 0.15) is 13.8 Å². The van der Waals surface area contributed by atoms with E-state index in [-0.39, 0.29) is 0 Å². The van der Waals surface area contributed by atoms with Crippen LogP contribution in [0.3, 0.4) is 0 Å². The maximum atomic E-state index is 9.43. The van der Waals surface area contributed by atoms with E-state index in [0.717, 1.165) is 0 Å². The molecule has 0 aromatic heterocycles. The third-order valence-corrected chi connectivity index (χ3v) is 0.282. The number of hydrazone groups is 1. The minimum absolute atomic E-state index is 0.463. The lowest BCUT2D eigenvalue weighted by Gasteiger charge is -1.75. The molecule has 0 N–H and O–H groups in total. The molecule has 0 rings (SSSR count). The minimum atomic E-state index is -0.713. The molecule has 7 heavy (non-hydrogen) atoms. The van der Waals surface area contributed by atoms with Crippen LogP contribution in [-0.4, -0.2) is 10.7 Å². The lowest BCUT2D eigenvalue weighted by molar-refractivity contribution is -0.485. The average molecular weight is 102 g/mol. The summed E-state index contributed by atoms with van der Waals surface area (Å²) >= 11 is 0. The molecule has 0 amide bonds. The van der Waals surface area contributed by atoms with Gasteiger partial charge in [-0.25, -0.2) is 10.1 Å². The van der Waals surface area contributed by atoms with Crippen molar-refractivity contribution in [2.45, 2.75) is 13.8 Å². The molecular weight excluding hydrogens is 96.0 g/mol. The van der Waals surface area contributed by atoms with Crippen LogP contribution in [0, 0.1) is 10.1 Å². The molecule has 0 aliphatic rings. The lowest BCUT2D eigenvalue weighted by Crippen LogP contribution is -1.89. The Morgan fingerprint density at radius 1 is 1.71 bits per heavy atom. The van der Waals surface area contributed by atoms with Crippen LogP contribution in [0.15, 0.2) is 5.10 Å². The Morgan fingerprint density at radius 3 is 2.14 bits per heavy atom. The second kappa shape index (κ2) is 2.28. The first kappa shape index (κ1) is 6.07. The van der Waals surface area contributed by atoms with Gasteiger partial charge >= 0.3 is 0 Å². The molecule has 0 aliphatic carbocycles. The summed E-state index contributed by atoms with van der Waals surface area (Å²) in [4.78, 5) is 9.43. The molecule has 0 aliphatic heterocycles. The third kappa shape index (κ3) is 5.07. The summed E-state index contributed by atoms with van der Waals surface area (Å²) in [6, 6.07) is 0. The molecule has 0 bridgehead atoms. The number of rotatable bonds is 1. The second-order valence-electron chi connectivity index (χ2n) is 1.29. The summed E-state index contributed by atoms with van der Waals surface area (Å²) in [5.41, 5.74) is 0.463. The van der Waals surface area contributed by atoms with Gasteiger partial charge in [0.2, 0.25) is 0 Å². The molecule has 0 saturated carbocycles. The van der Waals surface area contributed by atoms with E-state index in [1.807, 2.05) is 0 Å². The highest BCUT2D eigenvalue weighted by atomic mass is 16.7. The molecule has 0 heterocycles. The zero-order chi connectivity index (χ0) is 5.86. The second-order valence-corrected chi connectivity index (χ2v) is 1.29. The van der Waals surface area contributed by atoms with Crippen LogP contribution in [0.5, 0.6) is 0 Å². The van der Waals surface area contributed by atoms with Crippen molar-refractivity contribution in [3.63, 3.8) is 0 Å². The van der Waals surface area contributed by atoms with Crippen molar-refractivity contribution in [3.05, 3.63) is 10.1 Å². The molecule has 0 aromatic rings. The van der Waals surface area contributed by atoms with Gasteiger partial charge in [0, 0.05) is 0 Å². The number of hydrogen-bond acceptors (Lipinski definition) is 2. The van der Waals surface area contributed by atoms with Gasteiger partial charge in [-0.15, -0.1) is 0 Å². The Bertz CT molecular complexity index is 104. The Balaban J connectivity index is 3.68. The van der Waals surface area contributed by atoms with Crippen molar-refractivity contribution in [2.24, 2.45) is 5.10 Å². The Labute approximate surface area is 41.0 Å². The average Bonchev–Trinajstić information content (AvgIpc) is 1.27. The van der Waals surface area contributed by atoms with Crippen molar-refractivity contribution in [3.8, 4) is 0 Å². The van der Waals surface area contributed by atoms with Crippen molar-refractivity contribution in [1.82, 2.24) is 0 Å². The Kier molecular flexibility index (Phi) is 1.98. The molecule has 0 saturated heterocycles. The van der Waals surface area contributed by atoms with E-state index in [1.54, 1.807) is 13.8 Å². The van der Waals surface area contributed by atoms with Crippen molar-refractivity contribution in [2.75, 3.05) is 0 Å². The third-order valence-electron chi connectivity index (χ3n) is 0.282. The van der Waals surface area contributed by atoms with Crippen LogP contribution >= 0.6 is 0 Å². The van der Waals surface area contributed by atoms with Gasteiger partial charge < -0.3 is 0 Å². The van der Waals surface area contributed by atoms with Crippen molar-refractivity contribution in [1.29, 1.82) is 0 Å². The topological polar surface area (TPSA) is 55.5 Å². The fraction of sp³-hybridized carbons (Fsp3) is 0.667. The molecular formula is C3H6N2O2. The fourth-order valence-electron chi connectivity index (χ4n) is 0.163. The van der Waals surface area contributed by atoms with Gasteiger partial charge in [0.25, 0.3) is 0 Å². The highest BCUT2D eigenvalue weighted by molar-refractivity contribution is 5.78. The number of nitro groups is 1. The quantitative estimate of drug-likeness (QED) is 0.277. The number of nitrogens with zero attached hydrogens (tertiary/aromatic N) is 2. The van der Waals surface area contributed by atoms with Crippen molar-refractivity contribution >= 4 is 5.71 Å². The van der Waals surface area contributed by atoms with E-state index < -0.39 is 5.03 Å². The SMILES string of the molecule is CC(C)=N[N+](=O)[O-]. The molecule has 0 spiro atoms. The Morgan fingerprint density at radius 2 is 2.14 bits per heavy atom. The molecule has 0 unspecified atom stereocenters. The van der Waals surface area contributed by atoms with Gasteiger partial charge in [-0.3, -0.25) is 0 Å². The first-order chi connectivity index (χ1) is 3.13. The molecule has 0 atom stereocenters. The van der Waals surface area contributed by atoms with E-state index in [9.17, 15) is 10.1 Å². The molecule has 4 heteroatoms. The zero-order valence-corrected chi connectivity index (χ0v) is 4.21. The predicted molar refractivity (Wildman–Crippen MR) is 25.8 cm³/mol. The van der Waals surface area contributed by atoms with E-state index in [1.165, 1.54) is 0 Å². The summed E-state index contributed by atoms with van der Waals surface area (Å²) in [6.07, 6.45) is 0. The molecule has 0 aromatic carbocycles. The normalized spacial score (nSPS) is 7.71. The summed E-state index contributed by atoms with van der Waals surface area (Å²) in [6.45, 7) is 3.14. The van der Waals surface area contributed by atoms with Crippen LogP contribution in [0.25, 0.3) is 0 Å². The molecule has 40 valence electrons. The van der Waals surface area contributed by atoms with Gasteiger partial charge in [-0.2, -0.15) is 0 Å². The van der Waals surface area contributed by atoms with E-state index >= 15 is 0 Å². The maximum Gasteiger partial charge on any atom is 0.190 e. The predicted octanol–water partition coefficient (Wildman–Crippen LogP) is 0.659. The largest absolute Gasteiger partial charge is 0.233 e. The van der Waals surface area contributed by atoms with Gasteiger partial charge in [-0.05, 0) is 13.8 Å². The van der Waals surface area contributed by atoms with E-state index in [0.29, 0.717) is 5.71 Å². The van der Waals surface area contributed by atoms with Gasteiger partial charge in [0.05, 0.1) is 10.8 Å². The minimum Gasteiger partial charge on any atom is -0.233 e. The monoisotopic (exact) mass is 102 g/mol. The smallest absolute Gasteiger partial charge is 0.190 e. The highest BCUT2D eigenvalue weighted by Crippen LogP contribution is 1.72. The zero-order valence-electron chi connectivity index (χ0n) is 4.21.